The van der Waals surface area contributed by atoms with Crippen LogP contribution in [0.1, 0.15) is 22.3 Å². The van der Waals surface area contributed by atoms with Gasteiger partial charge < -0.3 is 4.57 Å². The Kier molecular flexibility index (Phi) is 7.40. The maximum Gasteiger partial charge on any atom is 0.165 e. The molecule has 1 aliphatic rings. The minimum Gasteiger partial charge on any atom is -0.309 e. The third-order valence-electron chi connectivity index (χ3n) is 14.7. The molecule has 14 aromatic rings. The fourth-order valence-electron chi connectivity index (χ4n) is 11.9. The van der Waals surface area contributed by atoms with Crippen molar-refractivity contribution in [3.63, 3.8) is 0 Å². The van der Waals surface area contributed by atoms with E-state index in [9.17, 15) is 0 Å². The second-order valence-electron chi connectivity index (χ2n) is 18.0. The molecular formula is C63H38N4. The van der Waals surface area contributed by atoms with Crippen LogP contribution in [0.15, 0.2) is 231 Å². The van der Waals surface area contributed by atoms with Gasteiger partial charge in [-0.15, -0.1) is 0 Å². The average Bonchev–Trinajstić information content (AvgIpc) is 4.11. The molecule has 0 aliphatic heterocycles. The Balaban J connectivity index is 0.903. The van der Waals surface area contributed by atoms with Crippen LogP contribution in [0.2, 0.25) is 0 Å². The molecule has 15 rings (SSSR count). The van der Waals surface area contributed by atoms with Gasteiger partial charge in [0.1, 0.15) is 5.52 Å². The van der Waals surface area contributed by atoms with Crippen LogP contribution in [-0.2, 0) is 5.41 Å². The number of fused-ring (bicyclic) bond motifs is 13. The van der Waals surface area contributed by atoms with Crippen molar-refractivity contribution in [1.82, 2.24) is 18.9 Å². The van der Waals surface area contributed by atoms with Gasteiger partial charge in [-0.25, -0.2) is 9.97 Å². The number of rotatable bonds is 5. The zero-order valence-corrected chi connectivity index (χ0v) is 36.2. The van der Waals surface area contributed by atoms with E-state index in [1.54, 1.807) is 0 Å². The first-order valence-corrected chi connectivity index (χ1v) is 23.1. The Morgan fingerprint density at radius 3 is 1.76 bits per heavy atom. The van der Waals surface area contributed by atoms with E-state index in [-0.39, 0.29) is 0 Å². The van der Waals surface area contributed by atoms with Gasteiger partial charge >= 0.3 is 0 Å². The molecule has 310 valence electrons. The van der Waals surface area contributed by atoms with Crippen molar-refractivity contribution in [2.24, 2.45) is 0 Å². The lowest BCUT2D eigenvalue weighted by atomic mass is 9.67. The Labute approximate surface area is 385 Å². The van der Waals surface area contributed by atoms with Crippen molar-refractivity contribution in [3.8, 4) is 39.1 Å². The number of aromatic nitrogens is 4. The van der Waals surface area contributed by atoms with Crippen LogP contribution in [-0.4, -0.2) is 18.9 Å². The van der Waals surface area contributed by atoms with Crippen molar-refractivity contribution < 1.29 is 0 Å². The number of hydrogen-bond donors (Lipinski definition) is 0. The highest BCUT2D eigenvalue weighted by atomic mass is 15.0. The van der Waals surface area contributed by atoms with E-state index >= 15 is 0 Å². The molecule has 0 spiro atoms. The summed E-state index contributed by atoms with van der Waals surface area (Å²) in [7, 11) is 0. The van der Waals surface area contributed by atoms with Gasteiger partial charge in [-0.1, -0.05) is 176 Å². The van der Waals surface area contributed by atoms with Crippen LogP contribution in [0.4, 0.5) is 0 Å². The van der Waals surface area contributed by atoms with Crippen LogP contribution in [0.5, 0.6) is 0 Å². The van der Waals surface area contributed by atoms with Gasteiger partial charge in [0, 0.05) is 38.2 Å². The third-order valence-corrected chi connectivity index (χ3v) is 14.7. The minimum absolute atomic E-state index is 0.425. The summed E-state index contributed by atoms with van der Waals surface area (Å²) in [5.41, 5.74) is 21.3. The molecule has 0 bridgehead atoms. The molecular weight excluding hydrogens is 813 g/mol. The second-order valence-corrected chi connectivity index (χ2v) is 18.0. The SMILES string of the molecule is c1ccc(-n2c3ccccc3c3cc(-c4cccc5nc6c7cccc8c9cc(-c%10ccc%11c(c%10)-c%10ccccc%10C%11(c%10ccccc%10)c%10ccccc%10)ccc9n(c6nc45)c87)ccc32)cc1. The topological polar surface area (TPSA) is 35.1 Å². The Morgan fingerprint density at radius 1 is 0.343 bits per heavy atom. The maximum absolute atomic E-state index is 5.59. The molecule has 0 unspecified atom stereocenters. The first-order chi connectivity index (χ1) is 33.2. The second kappa shape index (κ2) is 13.6. The van der Waals surface area contributed by atoms with Crippen LogP contribution in [0.3, 0.4) is 0 Å². The fraction of sp³-hybridized carbons (Fsp3) is 0.0159. The Bertz CT molecular complexity index is 4280. The highest BCUT2D eigenvalue weighted by molar-refractivity contribution is 6.23. The molecule has 4 heteroatoms. The molecule has 0 amide bonds. The molecule has 4 aromatic heterocycles. The summed E-state index contributed by atoms with van der Waals surface area (Å²) < 4.78 is 4.72. The van der Waals surface area contributed by atoms with E-state index in [4.69, 9.17) is 9.97 Å². The van der Waals surface area contributed by atoms with E-state index in [1.165, 1.54) is 77.1 Å². The number of benzene rings is 10. The summed E-state index contributed by atoms with van der Waals surface area (Å²) >= 11 is 0. The molecule has 1 aliphatic carbocycles. The van der Waals surface area contributed by atoms with Crippen LogP contribution in [0, 0.1) is 0 Å². The molecule has 4 heterocycles. The first-order valence-electron chi connectivity index (χ1n) is 23.1. The van der Waals surface area contributed by atoms with Gasteiger partial charge in [-0.3, -0.25) is 4.40 Å². The predicted octanol–water partition coefficient (Wildman–Crippen LogP) is 15.6. The van der Waals surface area contributed by atoms with E-state index in [1.807, 2.05) is 0 Å². The van der Waals surface area contributed by atoms with E-state index < -0.39 is 5.41 Å². The quantitative estimate of drug-likeness (QED) is 0.173. The molecule has 0 fully saturated rings. The summed E-state index contributed by atoms with van der Waals surface area (Å²) in [6, 6.07) is 84.3. The van der Waals surface area contributed by atoms with Crippen molar-refractivity contribution in [1.29, 1.82) is 0 Å². The largest absolute Gasteiger partial charge is 0.309 e. The summed E-state index contributed by atoms with van der Waals surface area (Å²) in [6.07, 6.45) is 0. The van der Waals surface area contributed by atoms with Crippen LogP contribution >= 0.6 is 0 Å². The summed E-state index contributed by atoms with van der Waals surface area (Å²) in [5.74, 6) is 0. The normalized spacial score (nSPS) is 13.2. The highest BCUT2D eigenvalue weighted by Crippen LogP contribution is 2.57. The molecule has 4 nitrogen and oxygen atoms in total. The monoisotopic (exact) mass is 850 g/mol. The van der Waals surface area contributed by atoms with Crippen molar-refractivity contribution in [3.05, 3.63) is 253 Å². The lowest BCUT2D eigenvalue weighted by Crippen LogP contribution is -2.28. The summed E-state index contributed by atoms with van der Waals surface area (Å²) in [6.45, 7) is 0. The maximum atomic E-state index is 5.59. The summed E-state index contributed by atoms with van der Waals surface area (Å²) in [4.78, 5) is 11.0. The fourth-order valence-corrected chi connectivity index (χ4v) is 11.9. The van der Waals surface area contributed by atoms with Gasteiger partial charge in [-0.2, -0.15) is 0 Å². The molecule has 0 radical (unpaired) electrons. The number of hydrogen-bond acceptors (Lipinski definition) is 2. The molecule has 0 atom stereocenters. The lowest BCUT2D eigenvalue weighted by Gasteiger charge is -2.33. The zero-order chi connectivity index (χ0) is 43.8. The molecule has 0 N–H and O–H groups in total. The van der Waals surface area contributed by atoms with E-state index in [0.717, 1.165) is 55.4 Å². The smallest absolute Gasteiger partial charge is 0.165 e. The van der Waals surface area contributed by atoms with Crippen LogP contribution in [0.25, 0.3) is 110 Å². The third kappa shape index (κ3) is 4.91. The van der Waals surface area contributed by atoms with Gasteiger partial charge in [0.25, 0.3) is 0 Å². The molecule has 0 saturated heterocycles. The van der Waals surface area contributed by atoms with Crippen LogP contribution < -0.4 is 0 Å². The molecule has 10 aromatic carbocycles. The molecule has 67 heavy (non-hydrogen) atoms. The van der Waals surface area contributed by atoms with Crippen molar-refractivity contribution in [2.75, 3.05) is 0 Å². The standard InChI is InChI=1S/C63H38N4/c1-4-16-42(17-5-1)63(43-18-6-2-7-19-43)53-27-12-10-22-46(53)50-36-39(30-33-54(50)63)40-31-34-58-52(37-40)48-25-14-26-49-60-62(67(58)61(48)49)65-59-45(24-15-28-55(59)64-60)41-32-35-57-51(38-41)47-23-11-13-29-56(47)66(57)44-20-8-3-9-21-44/h1-38H. The van der Waals surface area contributed by atoms with Crippen molar-refractivity contribution >= 4 is 71.2 Å². The molecule has 0 saturated carbocycles. The van der Waals surface area contributed by atoms with E-state index in [2.05, 4.69) is 239 Å². The number of nitrogens with zero attached hydrogens (tertiary/aromatic N) is 4. The van der Waals surface area contributed by atoms with E-state index in [0.29, 0.717) is 0 Å². The minimum atomic E-state index is -0.425. The van der Waals surface area contributed by atoms with Gasteiger partial charge in [0.2, 0.25) is 0 Å². The Hall–Kier alpha value is -8.86. The lowest BCUT2D eigenvalue weighted by molar-refractivity contribution is 0.768. The highest BCUT2D eigenvalue weighted by Gasteiger charge is 2.46. The average molecular weight is 851 g/mol. The first kappa shape index (κ1) is 36.5. The van der Waals surface area contributed by atoms with Gasteiger partial charge in [0.15, 0.2) is 5.65 Å². The number of para-hydroxylation sites is 4. The van der Waals surface area contributed by atoms with Gasteiger partial charge in [-0.05, 0) is 105 Å². The van der Waals surface area contributed by atoms with Crippen molar-refractivity contribution in [2.45, 2.75) is 5.41 Å². The summed E-state index contributed by atoms with van der Waals surface area (Å²) in [5, 5.41) is 5.97. The zero-order valence-electron chi connectivity index (χ0n) is 36.2. The predicted molar refractivity (Wildman–Crippen MR) is 277 cm³/mol. The Morgan fingerprint density at radius 2 is 0.925 bits per heavy atom. The van der Waals surface area contributed by atoms with Gasteiger partial charge in [0.05, 0.1) is 38.5 Å².